The number of nitrogens with zero attached hydrogens (tertiary/aromatic N) is 5. The maximum absolute atomic E-state index is 11.2. The molecule has 1 fully saturated rings. The number of esters is 1. The van der Waals surface area contributed by atoms with Crippen LogP contribution in [0, 0.1) is 0 Å². The third kappa shape index (κ3) is 2.69. The van der Waals surface area contributed by atoms with E-state index < -0.39 is 0 Å². The van der Waals surface area contributed by atoms with Crippen molar-refractivity contribution in [3.8, 4) is 11.5 Å². The van der Waals surface area contributed by atoms with Crippen LogP contribution in [-0.4, -0.2) is 37.3 Å². The summed E-state index contributed by atoms with van der Waals surface area (Å²) in [6.07, 6.45) is 2.43. The second-order valence-corrected chi connectivity index (χ2v) is 5.04. The minimum atomic E-state index is -0.288. The van der Waals surface area contributed by atoms with Crippen molar-refractivity contribution in [2.45, 2.75) is 38.3 Å². The van der Waals surface area contributed by atoms with E-state index in [-0.39, 0.29) is 18.1 Å². The number of hydrogen-bond acceptors (Lipinski definition) is 7. The summed E-state index contributed by atoms with van der Waals surface area (Å²) in [6, 6.07) is 5.24. The molecule has 21 heavy (non-hydrogen) atoms. The minimum absolute atomic E-state index is 0.0675. The van der Waals surface area contributed by atoms with Gasteiger partial charge in [-0.25, -0.2) is 9.67 Å². The average molecular weight is 288 g/mol. The highest BCUT2D eigenvalue weighted by atomic mass is 16.5. The maximum atomic E-state index is 11.2. The van der Waals surface area contributed by atoms with Crippen molar-refractivity contribution in [2.24, 2.45) is 0 Å². The lowest BCUT2D eigenvalue weighted by Crippen LogP contribution is -2.25. The van der Waals surface area contributed by atoms with Crippen LogP contribution >= 0.6 is 0 Å². The Morgan fingerprint density at radius 2 is 2.29 bits per heavy atom. The fraction of sp³-hybridized carbons (Fsp3) is 0.462. The van der Waals surface area contributed by atoms with Crippen molar-refractivity contribution >= 4 is 11.8 Å². The van der Waals surface area contributed by atoms with Crippen LogP contribution in [0.1, 0.15) is 32.2 Å². The summed E-state index contributed by atoms with van der Waals surface area (Å²) in [5.74, 6) is 0.653. The number of carbonyl (C=O) groups is 1. The number of hydrogen-bond donors (Lipinski definition) is 1. The standard InChI is InChI=1S/C13H16N6O2/c1-8(20)21-11-6-3-5-10(11)19-13(16-17-18-19)9-4-2-7-12(14)15-9/h2,4,7,10-11H,3,5-6H2,1H3,(H2,14,15)/t10-,11-/m0/s1. The van der Waals surface area contributed by atoms with E-state index in [0.717, 1.165) is 19.3 Å². The van der Waals surface area contributed by atoms with Gasteiger partial charge in [-0.3, -0.25) is 4.79 Å². The molecule has 0 bridgehead atoms. The van der Waals surface area contributed by atoms with Gasteiger partial charge >= 0.3 is 5.97 Å². The fourth-order valence-electron chi connectivity index (χ4n) is 2.70. The number of pyridine rings is 1. The number of nitrogen functional groups attached to an aromatic ring is 1. The van der Waals surface area contributed by atoms with E-state index in [4.69, 9.17) is 10.5 Å². The lowest BCUT2D eigenvalue weighted by Gasteiger charge is -2.20. The molecule has 0 spiro atoms. The van der Waals surface area contributed by atoms with Gasteiger partial charge in [0.05, 0.1) is 6.04 Å². The van der Waals surface area contributed by atoms with Crippen LogP contribution in [0.2, 0.25) is 0 Å². The van der Waals surface area contributed by atoms with Crippen LogP contribution < -0.4 is 5.73 Å². The second kappa shape index (κ2) is 5.47. The number of anilines is 1. The molecule has 0 radical (unpaired) electrons. The highest BCUT2D eigenvalue weighted by Crippen LogP contribution is 2.34. The van der Waals surface area contributed by atoms with Crippen LogP contribution in [0.3, 0.4) is 0 Å². The molecule has 1 saturated carbocycles. The summed E-state index contributed by atoms with van der Waals surface area (Å²) in [7, 11) is 0. The van der Waals surface area contributed by atoms with Crippen molar-refractivity contribution in [2.75, 3.05) is 5.73 Å². The minimum Gasteiger partial charge on any atom is -0.460 e. The largest absolute Gasteiger partial charge is 0.460 e. The van der Waals surface area contributed by atoms with E-state index in [1.807, 2.05) is 0 Å². The molecular weight excluding hydrogens is 272 g/mol. The molecule has 2 heterocycles. The Hall–Kier alpha value is -2.51. The average Bonchev–Trinajstić information content (AvgIpc) is 3.06. The molecule has 0 amide bonds. The predicted molar refractivity (Wildman–Crippen MR) is 73.9 cm³/mol. The number of tetrazole rings is 1. The molecule has 1 aliphatic carbocycles. The summed E-state index contributed by atoms with van der Waals surface area (Å²) in [6.45, 7) is 1.41. The number of ether oxygens (including phenoxy) is 1. The summed E-state index contributed by atoms with van der Waals surface area (Å²) in [5, 5.41) is 11.8. The van der Waals surface area contributed by atoms with Crippen molar-refractivity contribution in [3.63, 3.8) is 0 Å². The number of rotatable bonds is 3. The van der Waals surface area contributed by atoms with Gasteiger partial charge in [0.1, 0.15) is 17.6 Å². The van der Waals surface area contributed by atoms with Gasteiger partial charge in [-0.05, 0) is 41.8 Å². The summed E-state index contributed by atoms with van der Waals surface area (Å²) in [5.41, 5.74) is 6.31. The van der Waals surface area contributed by atoms with Crippen molar-refractivity contribution in [3.05, 3.63) is 18.2 Å². The smallest absolute Gasteiger partial charge is 0.302 e. The van der Waals surface area contributed by atoms with Gasteiger partial charge in [0.2, 0.25) is 5.82 Å². The summed E-state index contributed by atoms with van der Waals surface area (Å²) in [4.78, 5) is 15.4. The topological polar surface area (TPSA) is 109 Å². The maximum Gasteiger partial charge on any atom is 0.302 e. The molecule has 8 nitrogen and oxygen atoms in total. The molecule has 0 aromatic carbocycles. The lowest BCUT2D eigenvalue weighted by atomic mass is 10.2. The van der Waals surface area contributed by atoms with Gasteiger partial charge in [-0.2, -0.15) is 0 Å². The van der Waals surface area contributed by atoms with Gasteiger partial charge in [0, 0.05) is 6.92 Å². The number of nitrogens with two attached hydrogens (primary N) is 1. The predicted octanol–water partition coefficient (Wildman–Crippen LogP) is 0.974. The Bertz CT molecular complexity index is 656. The van der Waals surface area contributed by atoms with Gasteiger partial charge in [0.25, 0.3) is 0 Å². The summed E-state index contributed by atoms with van der Waals surface area (Å²) >= 11 is 0. The van der Waals surface area contributed by atoms with E-state index in [1.165, 1.54) is 6.92 Å². The van der Waals surface area contributed by atoms with E-state index in [9.17, 15) is 4.79 Å². The highest BCUT2D eigenvalue weighted by Gasteiger charge is 2.34. The Labute approximate surface area is 121 Å². The van der Waals surface area contributed by atoms with Crippen LogP contribution in [0.4, 0.5) is 5.82 Å². The van der Waals surface area contributed by atoms with E-state index in [2.05, 4.69) is 20.5 Å². The first-order chi connectivity index (χ1) is 10.1. The SMILES string of the molecule is CC(=O)O[C@H]1CCC[C@@H]1n1nnnc1-c1cccc(N)n1. The quantitative estimate of drug-likeness (QED) is 0.838. The fourth-order valence-corrected chi connectivity index (χ4v) is 2.70. The van der Waals surface area contributed by atoms with Gasteiger partial charge in [-0.15, -0.1) is 5.10 Å². The van der Waals surface area contributed by atoms with E-state index >= 15 is 0 Å². The molecule has 8 heteroatoms. The third-order valence-corrected chi connectivity index (χ3v) is 3.54. The highest BCUT2D eigenvalue weighted by molar-refractivity contribution is 5.66. The zero-order valence-electron chi connectivity index (χ0n) is 11.6. The normalized spacial score (nSPS) is 21.4. The van der Waals surface area contributed by atoms with Crippen LogP contribution in [0.5, 0.6) is 0 Å². The monoisotopic (exact) mass is 288 g/mol. The van der Waals surface area contributed by atoms with Gasteiger partial charge < -0.3 is 10.5 Å². The molecular formula is C13H16N6O2. The van der Waals surface area contributed by atoms with Crippen LogP contribution in [0.15, 0.2) is 18.2 Å². The Morgan fingerprint density at radius 3 is 3.05 bits per heavy atom. The Kier molecular flexibility index (Phi) is 3.51. The summed E-state index contributed by atoms with van der Waals surface area (Å²) < 4.78 is 7.04. The van der Waals surface area contributed by atoms with Gasteiger partial charge in [0.15, 0.2) is 0 Å². The lowest BCUT2D eigenvalue weighted by molar-refractivity contribution is -0.147. The van der Waals surface area contributed by atoms with Crippen molar-refractivity contribution in [1.29, 1.82) is 0 Å². The molecule has 2 aromatic rings. The van der Waals surface area contributed by atoms with E-state index in [0.29, 0.717) is 17.3 Å². The third-order valence-electron chi connectivity index (χ3n) is 3.54. The van der Waals surface area contributed by atoms with Crippen molar-refractivity contribution in [1.82, 2.24) is 25.2 Å². The first-order valence-corrected chi connectivity index (χ1v) is 6.83. The molecule has 0 aliphatic heterocycles. The Morgan fingerprint density at radius 1 is 1.43 bits per heavy atom. The molecule has 2 atom stereocenters. The van der Waals surface area contributed by atoms with E-state index in [1.54, 1.807) is 22.9 Å². The number of aromatic nitrogens is 5. The molecule has 2 aromatic heterocycles. The van der Waals surface area contributed by atoms with Gasteiger partial charge in [-0.1, -0.05) is 6.07 Å². The molecule has 1 aliphatic rings. The molecule has 110 valence electrons. The molecule has 3 rings (SSSR count). The first kappa shape index (κ1) is 13.5. The number of carbonyl (C=O) groups excluding carboxylic acids is 1. The Balaban J connectivity index is 1.93. The zero-order chi connectivity index (χ0) is 14.8. The zero-order valence-corrected chi connectivity index (χ0v) is 11.6. The molecule has 2 N–H and O–H groups in total. The van der Waals surface area contributed by atoms with Crippen LogP contribution in [0.25, 0.3) is 11.5 Å². The first-order valence-electron chi connectivity index (χ1n) is 6.83. The molecule has 0 saturated heterocycles. The van der Waals surface area contributed by atoms with Crippen LogP contribution in [-0.2, 0) is 9.53 Å². The second-order valence-electron chi connectivity index (χ2n) is 5.04. The van der Waals surface area contributed by atoms with Crippen molar-refractivity contribution < 1.29 is 9.53 Å². The molecule has 0 unspecified atom stereocenters.